The maximum absolute atomic E-state index is 12.8. The number of fused-ring (bicyclic) bond motifs is 1. The van der Waals surface area contributed by atoms with Gasteiger partial charge in [0.25, 0.3) is 0 Å². The van der Waals surface area contributed by atoms with Gasteiger partial charge in [0, 0.05) is 25.0 Å². The molecular weight excluding hydrogens is 346 g/mol. The lowest BCUT2D eigenvalue weighted by Gasteiger charge is -2.25. The molecule has 1 aliphatic carbocycles. The molecule has 2 heterocycles. The zero-order valence-corrected chi connectivity index (χ0v) is 15.4. The molecule has 25 heavy (non-hydrogen) atoms. The first-order valence-electron chi connectivity index (χ1n) is 8.83. The van der Waals surface area contributed by atoms with E-state index in [0.717, 1.165) is 37.4 Å². The van der Waals surface area contributed by atoms with Gasteiger partial charge < -0.3 is 19.5 Å². The van der Waals surface area contributed by atoms with Gasteiger partial charge in [0.15, 0.2) is 10.9 Å². The van der Waals surface area contributed by atoms with Gasteiger partial charge >= 0.3 is 5.97 Å². The van der Waals surface area contributed by atoms with E-state index in [1.54, 1.807) is 6.92 Å². The Morgan fingerprint density at radius 1 is 1.24 bits per heavy atom. The number of carbonyl (C=O) groups is 3. The Bertz CT molecular complexity index is 553. The van der Waals surface area contributed by atoms with Crippen molar-refractivity contribution in [2.75, 3.05) is 12.3 Å². The number of hydrogen-bond donors (Lipinski definition) is 1. The number of amides is 1. The molecular formula is C17H25NO6S. The number of rotatable bonds is 4. The van der Waals surface area contributed by atoms with Gasteiger partial charge in [-0.15, -0.1) is 0 Å². The third kappa shape index (κ3) is 3.85. The van der Waals surface area contributed by atoms with E-state index in [-0.39, 0.29) is 36.2 Å². The van der Waals surface area contributed by atoms with Crippen molar-refractivity contribution < 1.29 is 29.0 Å². The minimum atomic E-state index is -1.04. The van der Waals surface area contributed by atoms with Gasteiger partial charge in [-0.25, -0.2) is 4.79 Å². The van der Waals surface area contributed by atoms with Crippen LogP contribution in [0.15, 0.2) is 0 Å². The Balaban J connectivity index is 1.71. The van der Waals surface area contributed by atoms with Crippen LogP contribution in [-0.2, 0) is 23.9 Å². The summed E-state index contributed by atoms with van der Waals surface area (Å²) in [6, 6.07) is -0.947. The molecule has 1 saturated carbocycles. The SMILES string of the molecule is CC(=O)SCC(C)C(=O)N1CC2(C[C@H]1C(=O)O)OC1CCCCC1O2. The summed E-state index contributed by atoms with van der Waals surface area (Å²) < 4.78 is 12.2. The molecule has 3 rings (SSSR count). The predicted octanol–water partition coefficient (Wildman–Crippen LogP) is 1.64. The number of thioether (sulfide) groups is 1. The molecule has 4 atom stereocenters. The molecule has 8 heteroatoms. The van der Waals surface area contributed by atoms with Gasteiger partial charge in [-0.05, 0) is 12.8 Å². The number of nitrogens with zero attached hydrogens (tertiary/aromatic N) is 1. The highest BCUT2D eigenvalue weighted by atomic mass is 32.2. The van der Waals surface area contributed by atoms with Crippen molar-refractivity contribution >= 4 is 28.8 Å². The Morgan fingerprint density at radius 2 is 1.84 bits per heavy atom. The average Bonchev–Trinajstić information content (AvgIpc) is 3.11. The van der Waals surface area contributed by atoms with Crippen molar-refractivity contribution in [1.29, 1.82) is 0 Å². The van der Waals surface area contributed by atoms with Crippen LogP contribution >= 0.6 is 11.8 Å². The van der Waals surface area contributed by atoms with Crippen molar-refractivity contribution in [3.8, 4) is 0 Å². The van der Waals surface area contributed by atoms with Gasteiger partial charge in [0.2, 0.25) is 5.91 Å². The zero-order chi connectivity index (χ0) is 18.2. The van der Waals surface area contributed by atoms with E-state index in [1.807, 2.05) is 0 Å². The number of carboxylic acid groups (broad SMARTS) is 1. The lowest BCUT2D eigenvalue weighted by molar-refractivity contribution is -0.168. The lowest BCUT2D eigenvalue weighted by atomic mass is 9.95. The molecule has 1 amide bonds. The molecule has 2 aliphatic heterocycles. The quantitative estimate of drug-likeness (QED) is 0.803. The van der Waals surface area contributed by atoms with Crippen LogP contribution in [0.25, 0.3) is 0 Å². The van der Waals surface area contributed by atoms with E-state index in [0.29, 0.717) is 5.75 Å². The van der Waals surface area contributed by atoms with Crippen molar-refractivity contribution in [2.45, 2.75) is 70.0 Å². The number of carboxylic acids is 1. The fourth-order valence-electron chi connectivity index (χ4n) is 3.97. The second-order valence-electron chi connectivity index (χ2n) is 7.24. The molecule has 3 unspecified atom stereocenters. The van der Waals surface area contributed by atoms with Crippen molar-refractivity contribution in [3.05, 3.63) is 0 Å². The standard InChI is InChI=1S/C17H25NO6S/c1-10(8-25-11(2)19)15(20)18-9-17(7-12(18)16(21)22)23-13-5-3-4-6-14(13)24-17/h10,12-14H,3-9H2,1-2H3,(H,21,22)/t10?,12-,13?,14?,17?/m0/s1. The minimum absolute atomic E-state index is 0.00365. The highest BCUT2D eigenvalue weighted by molar-refractivity contribution is 8.13. The third-order valence-electron chi connectivity index (χ3n) is 5.19. The molecule has 0 radical (unpaired) electrons. The molecule has 2 saturated heterocycles. The number of carbonyl (C=O) groups excluding carboxylic acids is 2. The predicted molar refractivity (Wildman–Crippen MR) is 91.0 cm³/mol. The summed E-state index contributed by atoms with van der Waals surface area (Å²) in [6.45, 7) is 3.32. The Morgan fingerprint density at radius 3 is 2.36 bits per heavy atom. The topological polar surface area (TPSA) is 93.1 Å². The Hall–Kier alpha value is -1.12. The summed E-state index contributed by atoms with van der Waals surface area (Å²) in [5.74, 6) is -2.39. The average molecular weight is 371 g/mol. The van der Waals surface area contributed by atoms with Gasteiger partial charge in [0.1, 0.15) is 6.04 Å². The first-order chi connectivity index (χ1) is 11.8. The fourth-order valence-corrected chi connectivity index (χ4v) is 4.60. The molecule has 0 bridgehead atoms. The number of aliphatic carboxylic acids is 1. The Labute approximate surface area is 151 Å². The van der Waals surface area contributed by atoms with Crippen molar-refractivity contribution in [3.63, 3.8) is 0 Å². The highest BCUT2D eigenvalue weighted by Crippen LogP contribution is 2.44. The molecule has 3 aliphatic rings. The van der Waals surface area contributed by atoms with E-state index in [1.165, 1.54) is 11.8 Å². The maximum Gasteiger partial charge on any atom is 0.326 e. The summed E-state index contributed by atoms with van der Waals surface area (Å²) in [4.78, 5) is 36.9. The number of likely N-dealkylation sites (tertiary alicyclic amines) is 1. The van der Waals surface area contributed by atoms with Crippen molar-refractivity contribution in [2.24, 2.45) is 5.92 Å². The Kier molecular flexibility index (Phi) is 5.41. The monoisotopic (exact) mass is 371 g/mol. The van der Waals surface area contributed by atoms with Crippen LogP contribution < -0.4 is 0 Å². The van der Waals surface area contributed by atoms with Crippen LogP contribution in [0.4, 0.5) is 0 Å². The normalized spacial score (nSPS) is 35.6. The second kappa shape index (κ2) is 7.25. The zero-order valence-electron chi connectivity index (χ0n) is 14.6. The fraction of sp³-hybridized carbons (Fsp3) is 0.824. The van der Waals surface area contributed by atoms with Crippen LogP contribution in [-0.4, -0.2) is 63.3 Å². The summed E-state index contributed by atoms with van der Waals surface area (Å²) in [7, 11) is 0. The summed E-state index contributed by atoms with van der Waals surface area (Å²) in [6.07, 6.45) is 4.18. The van der Waals surface area contributed by atoms with E-state index < -0.39 is 23.7 Å². The molecule has 0 aromatic heterocycles. The van der Waals surface area contributed by atoms with Crippen LogP contribution in [0.2, 0.25) is 0 Å². The van der Waals surface area contributed by atoms with Crippen LogP contribution in [0.5, 0.6) is 0 Å². The van der Waals surface area contributed by atoms with Gasteiger partial charge in [-0.1, -0.05) is 31.5 Å². The number of hydrogen-bond acceptors (Lipinski definition) is 6. The largest absolute Gasteiger partial charge is 0.480 e. The van der Waals surface area contributed by atoms with Crippen LogP contribution in [0, 0.1) is 5.92 Å². The minimum Gasteiger partial charge on any atom is -0.480 e. The first-order valence-corrected chi connectivity index (χ1v) is 9.82. The second-order valence-corrected chi connectivity index (χ2v) is 8.43. The van der Waals surface area contributed by atoms with Crippen molar-refractivity contribution in [1.82, 2.24) is 4.90 Å². The van der Waals surface area contributed by atoms with Crippen LogP contribution in [0.1, 0.15) is 46.0 Å². The lowest BCUT2D eigenvalue weighted by Crippen LogP contribution is -2.44. The number of ether oxygens (including phenoxy) is 2. The summed E-state index contributed by atoms with van der Waals surface area (Å²) in [5.41, 5.74) is 0. The van der Waals surface area contributed by atoms with Gasteiger partial charge in [-0.3, -0.25) is 9.59 Å². The molecule has 140 valence electrons. The smallest absolute Gasteiger partial charge is 0.326 e. The van der Waals surface area contributed by atoms with Crippen LogP contribution in [0.3, 0.4) is 0 Å². The molecule has 3 fully saturated rings. The molecule has 0 aromatic carbocycles. The molecule has 0 aromatic rings. The molecule has 1 spiro atoms. The van der Waals surface area contributed by atoms with Gasteiger partial charge in [0.05, 0.1) is 18.8 Å². The first kappa shape index (κ1) is 18.7. The maximum atomic E-state index is 12.8. The van der Waals surface area contributed by atoms with Gasteiger partial charge in [-0.2, -0.15) is 0 Å². The van der Waals surface area contributed by atoms with E-state index in [2.05, 4.69) is 0 Å². The van der Waals surface area contributed by atoms with E-state index >= 15 is 0 Å². The highest BCUT2D eigenvalue weighted by Gasteiger charge is 2.57. The van der Waals surface area contributed by atoms with E-state index in [4.69, 9.17) is 9.47 Å². The molecule has 7 nitrogen and oxygen atoms in total. The third-order valence-corrected chi connectivity index (χ3v) is 6.27. The molecule has 1 N–H and O–H groups in total. The summed E-state index contributed by atoms with van der Waals surface area (Å²) in [5, 5.41) is 9.51. The summed E-state index contributed by atoms with van der Waals surface area (Å²) >= 11 is 1.08. The van der Waals surface area contributed by atoms with E-state index in [9.17, 15) is 19.5 Å².